The molecule has 0 aromatic rings. The highest BCUT2D eigenvalue weighted by molar-refractivity contribution is 5.80. The molecular weight excluding hydrogens is 691 g/mol. The molecule has 0 fully saturated rings. The summed E-state index contributed by atoms with van der Waals surface area (Å²) in [6.45, 7) is 4.14. The molecule has 5 nitrogen and oxygen atoms in total. The number of nitrogens with one attached hydrogen (secondary N) is 1. The van der Waals surface area contributed by atoms with Crippen molar-refractivity contribution in [1.82, 2.24) is 5.32 Å². The van der Waals surface area contributed by atoms with Gasteiger partial charge in [0.15, 0.2) is 0 Å². The van der Waals surface area contributed by atoms with Crippen LogP contribution >= 0.6 is 0 Å². The number of aliphatic hydroxyl groups excluding tert-OH is 3. The van der Waals surface area contributed by atoms with Gasteiger partial charge in [-0.1, -0.05) is 223 Å². The number of carbonyl (C=O) groups is 1. The quantitative estimate of drug-likeness (QED) is 0.0366. The number of allylic oxidation sites excluding steroid dienone is 7. The summed E-state index contributed by atoms with van der Waals surface area (Å²) < 4.78 is 0. The van der Waals surface area contributed by atoms with Crippen LogP contribution in [0.4, 0.5) is 0 Å². The standard InChI is InChI=1S/C51H95NO4/c1-3-5-7-9-11-13-15-17-18-19-20-21-22-23-24-25-26-27-28-29-30-31-32-34-36-38-40-42-44-46-50(55)51(56)52-48(47-53)49(54)45-43-41-39-37-35-33-16-14-12-10-8-6-4-2/h12,14,23-24,35,37,43,45,48-50,53-55H,3-11,13,15-22,25-34,36,38-42,44,46-47H2,1-2H3,(H,52,56)/b14-12+,24-23-,37-35+,45-43+. The van der Waals surface area contributed by atoms with E-state index in [4.69, 9.17) is 0 Å². The summed E-state index contributed by atoms with van der Waals surface area (Å²) >= 11 is 0. The van der Waals surface area contributed by atoms with Crippen molar-refractivity contribution in [3.63, 3.8) is 0 Å². The van der Waals surface area contributed by atoms with Gasteiger partial charge in [0.1, 0.15) is 6.10 Å². The molecule has 0 radical (unpaired) electrons. The number of carbonyl (C=O) groups excluding carboxylic acids is 1. The van der Waals surface area contributed by atoms with E-state index in [1.807, 2.05) is 6.08 Å². The lowest BCUT2D eigenvalue weighted by molar-refractivity contribution is -0.131. The molecule has 0 spiro atoms. The number of hydrogen-bond donors (Lipinski definition) is 4. The van der Waals surface area contributed by atoms with Gasteiger partial charge in [-0.3, -0.25) is 4.79 Å². The van der Waals surface area contributed by atoms with Crippen LogP contribution in [0.5, 0.6) is 0 Å². The first-order chi connectivity index (χ1) is 27.6. The van der Waals surface area contributed by atoms with E-state index in [2.05, 4.69) is 55.6 Å². The molecule has 0 saturated carbocycles. The fourth-order valence-corrected chi connectivity index (χ4v) is 7.27. The number of hydrogen-bond acceptors (Lipinski definition) is 4. The van der Waals surface area contributed by atoms with Gasteiger partial charge in [-0.15, -0.1) is 0 Å². The summed E-state index contributed by atoms with van der Waals surface area (Å²) in [6, 6.07) is -0.820. The summed E-state index contributed by atoms with van der Waals surface area (Å²) in [5.41, 5.74) is 0. The van der Waals surface area contributed by atoms with Crippen LogP contribution in [0.3, 0.4) is 0 Å². The van der Waals surface area contributed by atoms with Gasteiger partial charge in [0, 0.05) is 0 Å². The van der Waals surface area contributed by atoms with Crippen LogP contribution in [-0.2, 0) is 4.79 Å². The Bertz CT molecular complexity index is 912. The van der Waals surface area contributed by atoms with Gasteiger partial charge in [-0.25, -0.2) is 0 Å². The van der Waals surface area contributed by atoms with E-state index in [1.54, 1.807) is 6.08 Å². The number of unbranched alkanes of at least 4 members (excludes halogenated alkanes) is 30. The predicted molar refractivity (Wildman–Crippen MR) is 245 cm³/mol. The lowest BCUT2D eigenvalue weighted by Gasteiger charge is -2.21. The van der Waals surface area contributed by atoms with Crippen LogP contribution in [0.2, 0.25) is 0 Å². The third-order valence-corrected chi connectivity index (χ3v) is 11.1. The number of amides is 1. The average molecular weight is 786 g/mol. The van der Waals surface area contributed by atoms with Crippen LogP contribution in [-0.4, -0.2) is 46.1 Å². The minimum absolute atomic E-state index is 0.382. The molecule has 5 heteroatoms. The highest BCUT2D eigenvalue weighted by Crippen LogP contribution is 2.16. The van der Waals surface area contributed by atoms with Crippen molar-refractivity contribution in [2.45, 2.75) is 263 Å². The van der Waals surface area contributed by atoms with E-state index in [0.29, 0.717) is 6.42 Å². The van der Waals surface area contributed by atoms with Crippen molar-refractivity contribution in [1.29, 1.82) is 0 Å². The molecule has 4 N–H and O–H groups in total. The number of rotatable bonds is 44. The average Bonchev–Trinajstić information content (AvgIpc) is 3.20. The summed E-state index contributed by atoms with van der Waals surface area (Å²) in [6.07, 6.45) is 60.3. The van der Waals surface area contributed by atoms with Crippen molar-refractivity contribution in [2.24, 2.45) is 0 Å². The second-order valence-corrected chi connectivity index (χ2v) is 16.6. The zero-order valence-electron chi connectivity index (χ0n) is 37.3. The monoisotopic (exact) mass is 786 g/mol. The Morgan fingerprint density at radius 2 is 0.732 bits per heavy atom. The molecule has 0 aromatic heterocycles. The summed E-state index contributed by atoms with van der Waals surface area (Å²) in [5, 5.41) is 33.1. The van der Waals surface area contributed by atoms with Crippen LogP contribution in [0.25, 0.3) is 0 Å². The van der Waals surface area contributed by atoms with Gasteiger partial charge in [0.2, 0.25) is 5.91 Å². The number of aliphatic hydroxyl groups is 3. The maximum Gasteiger partial charge on any atom is 0.249 e. The maximum absolute atomic E-state index is 12.5. The molecule has 0 aliphatic rings. The third kappa shape index (κ3) is 40.5. The third-order valence-electron chi connectivity index (χ3n) is 11.1. The molecular formula is C51H95NO4. The highest BCUT2D eigenvalue weighted by Gasteiger charge is 2.22. The Labute approximate surface area is 348 Å². The molecule has 0 aromatic carbocycles. The van der Waals surface area contributed by atoms with Crippen LogP contribution in [0.15, 0.2) is 48.6 Å². The molecule has 56 heavy (non-hydrogen) atoms. The zero-order chi connectivity index (χ0) is 40.8. The van der Waals surface area contributed by atoms with Gasteiger partial charge in [0.05, 0.1) is 18.8 Å². The molecule has 0 saturated heterocycles. The molecule has 3 unspecified atom stereocenters. The molecule has 0 rings (SSSR count). The summed E-state index contributed by atoms with van der Waals surface area (Å²) in [4.78, 5) is 12.5. The zero-order valence-corrected chi connectivity index (χ0v) is 37.3. The molecule has 1 amide bonds. The first-order valence-corrected chi connectivity index (χ1v) is 24.5. The molecule has 0 aliphatic heterocycles. The maximum atomic E-state index is 12.5. The summed E-state index contributed by atoms with van der Waals surface area (Å²) in [5.74, 6) is -0.518. The first-order valence-electron chi connectivity index (χ1n) is 24.5. The predicted octanol–water partition coefficient (Wildman–Crippen LogP) is 14.5. The minimum atomic E-state index is -1.11. The van der Waals surface area contributed by atoms with Crippen molar-refractivity contribution in [2.75, 3.05) is 6.61 Å². The van der Waals surface area contributed by atoms with E-state index in [0.717, 1.165) is 44.9 Å². The largest absolute Gasteiger partial charge is 0.394 e. The van der Waals surface area contributed by atoms with Gasteiger partial charge < -0.3 is 20.6 Å². The highest BCUT2D eigenvalue weighted by atomic mass is 16.3. The Balaban J connectivity index is 3.59. The molecule has 3 atom stereocenters. The Kier molecular flexibility index (Phi) is 44.6. The topological polar surface area (TPSA) is 89.8 Å². The van der Waals surface area contributed by atoms with E-state index in [1.165, 1.54) is 180 Å². The first kappa shape index (κ1) is 54.3. The lowest BCUT2D eigenvalue weighted by atomic mass is 10.0. The minimum Gasteiger partial charge on any atom is -0.394 e. The Morgan fingerprint density at radius 3 is 1.12 bits per heavy atom. The van der Waals surface area contributed by atoms with Crippen molar-refractivity contribution < 1.29 is 20.1 Å². The molecule has 0 heterocycles. The molecule has 0 bridgehead atoms. The van der Waals surface area contributed by atoms with Gasteiger partial charge >= 0.3 is 0 Å². The van der Waals surface area contributed by atoms with Crippen molar-refractivity contribution >= 4 is 5.91 Å². The van der Waals surface area contributed by atoms with Crippen LogP contribution in [0, 0.1) is 0 Å². The lowest BCUT2D eigenvalue weighted by Crippen LogP contribution is -2.48. The summed E-state index contributed by atoms with van der Waals surface area (Å²) in [7, 11) is 0. The van der Waals surface area contributed by atoms with Crippen LogP contribution in [0.1, 0.15) is 245 Å². The van der Waals surface area contributed by atoms with E-state index in [-0.39, 0.29) is 6.61 Å². The van der Waals surface area contributed by atoms with Gasteiger partial charge in [0.25, 0.3) is 0 Å². The Hall–Kier alpha value is -1.69. The van der Waals surface area contributed by atoms with Gasteiger partial charge in [-0.05, 0) is 70.6 Å². The SMILES string of the molecule is CCCCC/C=C/CC/C=C/CC/C=C/C(O)C(CO)NC(=O)C(O)CCCCCCCCCCCCCCC/C=C\CCCCCCCCCCCCCC. The van der Waals surface area contributed by atoms with Crippen LogP contribution < -0.4 is 5.32 Å². The van der Waals surface area contributed by atoms with E-state index >= 15 is 0 Å². The van der Waals surface area contributed by atoms with Crippen molar-refractivity contribution in [3.8, 4) is 0 Å². The fraction of sp³-hybridized carbons (Fsp3) is 0.824. The second kappa shape index (κ2) is 46.0. The Morgan fingerprint density at radius 1 is 0.429 bits per heavy atom. The van der Waals surface area contributed by atoms with E-state index in [9.17, 15) is 20.1 Å². The van der Waals surface area contributed by atoms with Gasteiger partial charge in [-0.2, -0.15) is 0 Å². The van der Waals surface area contributed by atoms with E-state index < -0.39 is 24.2 Å². The second-order valence-electron chi connectivity index (χ2n) is 16.6. The smallest absolute Gasteiger partial charge is 0.249 e. The molecule has 328 valence electrons. The normalized spacial score (nSPS) is 13.9. The molecule has 0 aliphatic carbocycles. The van der Waals surface area contributed by atoms with Crippen molar-refractivity contribution in [3.05, 3.63) is 48.6 Å². The fourth-order valence-electron chi connectivity index (χ4n) is 7.27.